The second-order valence-electron chi connectivity index (χ2n) is 7.91. The zero-order valence-electron chi connectivity index (χ0n) is 19.2. The van der Waals surface area contributed by atoms with Crippen molar-refractivity contribution in [1.29, 1.82) is 0 Å². The van der Waals surface area contributed by atoms with Gasteiger partial charge in [0.2, 0.25) is 5.91 Å². The summed E-state index contributed by atoms with van der Waals surface area (Å²) < 4.78 is 10.5. The summed E-state index contributed by atoms with van der Waals surface area (Å²) in [5.41, 5.74) is 2.10. The highest BCUT2D eigenvalue weighted by Gasteiger charge is 2.44. The number of halogens is 1. The van der Waals surface area contributed by atoms with Gasteiger partial charge in [-0.2, -0.15) is 0 Å². The van der Waals surface area contributed by atoms with E-state index in [2.05, 4.69) is 5.32 Å². The fraction of sp³-hybridized carbons (Fsp3) is 0.192. The summed E-state index contributed by atoms with van der Waals surface area (Å²) in [7, 11) is 3.18. The van der Waals surface area contributed by atoms with Crippen LogP contribution in [0.3, 0.4) is 0 Å². The Kier molecular flexibility index (Phi) is 7.53. The summed E-state index contributed by atoms with van der Waals surface area (Å²) in [6, 6.07) is 20.7. The van der Waals surface area contributed by atoms with Crippen molar-refractivity contribution in [2.45, 2.75) is 19.0 Å². The molecule has 3 aromatic rings. The van der Waals surface area contributed by atoms with Gasteiger partial charge in [0.15, 0.2) is 5.11 Å². The van der Waals surface area contributed by atoms with Crippen LogP contribution in [0.15, 0.2) is 72.8 Å². The molecule has 0 spiro atoms. The first-order valence-electron chi connectivity index (χ1n) is 10.9. The molecule has 1 atom stereocenters. The van der Waals surface area contributed by atoms with Gasteiger partial charge in [-0.25, -0.2) is 0 Å². The summed E-state index contributed by atoms with van der Waals surface area (Å²) in [6.45, 7) is 0.357. The predicted molar refractivity (Wildman–Crippen MR) is 140 cm³/mol. The van der Waals surface area contributed by atoms with Gasteiger partial charge in [0.1, 0.15) is 17.5 Å². The molecule has 1 saturated heterocycles. The molecule has 35 heavy (non-hydrogen) atoms. The molecule has 4 rings (SSSR count). The summed E-state index contributed by atoms with van der Waals surface area (Å²) in [6.07, 6.45) is -0.0751. The van der Waals surface area contributed by atoms with Crippen LogP contribution in [-0.2, 0) is 16.1 Å². The van der Waals surface area contributed by atoms with Crippen molar-refractivity contribution >= 4 is 52.1 Å². The number of hydrogen-bond donors (Lipinski definition) is 1. The molecule has 1 fully saturated rings. The lowest BCUT2D eigenvalue weighted by Gasteiger charge is -2.24. The molecule has 1 aliphatic rings. The van der Waals surface area contributed by atoms with E-state index in [4.69, 9.17) is 33.3 Å². The smallest absolute Gasteiger partial charge is 0.256 e. The van der Waals surface area contributed by atoms with E-state index < -0.39 is 6.04 Å². The Morgan fingerprint density at radius 1 is 1.00 bits per heavy atom. The Morgan fingerprint density at radius 3 is 2.23 bits per heavy atom. The van der Waals surface area contributed by atoms with E-state index in [-0.39, 0.29) is 18.2 Å². The van der Waals surface area contributed by atoms with Gasteiger partial charge in [-0.1, -0.05) is 29.8 Å². The summed E-state index contributed by atoms with van der Waals surface area (Å²) >= 11 is 11.8. The van der Waals surface area contributed by atoms with Gasteiger partial charge in [-0.3, -0.25) is 14.5 Å². The molecule has 9 heteroatoms. The second-order valence-corrected chi connectivity index (χ2v) is 8.71. The lowest BCUT2D eigenvalue weighted by atomic mass is 10.1. The largest absolute Gasteiger partial charge is 0.497 e. The van der Waals surface area contributed by atoms with Gasteiger partial charge in [-0.15, -0.1) is 0 Å². The van der Waals surface area contributed by atoms with Crippen molar-refractivity contribution in [2.75, 3.05) is 24.4 Å². The number of thiocarbonyl (C=S) groups is 1. The lowest BCUT2D eigenvalue weighted by Crippen LogP contribution is -2.37. The highest BCUT2D eigenvalue weighted by atomic mass is 35.5. The van der Waals surface area contributed by atoms with Crippen molar-refractivity contribution in [2.24, 2.45) is 0 Å². The van der Waals surface area contributed by atoms with Gasteiger partial charge >= 0.3 is 0 Å². The number of carbonyl (C=O) groups is 2. The van der Waals surface area contributed by atoms with Crippen molar-refractivity contribution in [3.63, 3.8) is 0 Å². The number of methoxy groups -OCH3 is 2. The number of anilines is 2. The van der Waals surface area contributed by atoms with E-state index in [1.807, 2.05) is 24.3 Å². The zero-order chi connectivity index (χ0) is 24.9. The maximum Gasteiger partial charge on any atom is 0.256 e. The number of carbonyl (C=O) groups excluding carboxylic acids is 2. The van der Waals surface area contributed by atoms with Crippen LogP contribution < -0.4 is 19.7 Å². The van der Waals surface area contributed by atoms with Crippen molar-refractivity contribution in [3.8, 4) is 11.5 Å². The summed E-state index contributed by atoms with van der Waals surface area (Å²) in [4.78, 5) is 29.7. The van der Waals surface area contributed by atoms with Crippen LogP contribution in [0.2, 0.25) is 5.02 Å². The van der Waals surface area contributed by atoms with Crippen LogP contribution in [0.5, 0.6) is 11.5 Å². The quantitative estimate of drug-likeness (QED) is 0.436. The molecule has 1 N–H and O–H groups in total. The number of nitrogens with one attached hydrogen (secondary N) is 1. The van der Waals surface area contributed by atoms with Crippen LogP contribution in [0, 0.1) is 0 Å². The van der Waals surface area contributed by atoms with E-state index in [0.717, 1.165) is 11.3 Å². The van der Waals surface area contributed by atoms with Gasteiger partial charge in [0, 0.05) is 17.3 Å². The highest BCUT2D eigenvalue weighted by molar-refractivity contribution is 7.80. The van der Waals surface area contributed by atoms with Gasteiger partial charge in [0.05, 0.1) is 26.3 Å². The normalized spacial score (nSPS) is 15.3. The highest BCUT2D eigenvalue weighted by Crippen LogP contribution is 2.30. The van der Waals surface area contributed by atoms with E-state index in [1.165, 1.54) is 4.90 Å². The Morgan fingerprint density at radius 2 is 1.63 bits per heavy atom. The lowest BCUT2D eigenvalue weighted by molar-refractivity contribution is -0.124. The van der Waals surface area contributed by atoms with Crippen LogP contribution in [0.4, 0.5) is 11.4 Å². The van der Waals surface area contributed by atoms with Gasteiger partial charge in [-0.05, 0) is 72.4 Å². The first kappa shape index (κ1) is 24.5. The molecular weight excluding hydrogens is 486 g/mol. The minimum absolute atomic E-state index is 0.0751. The van der Waals surface area contributed by atoms with Crippen molar-refractivity contribution < 1.29 is 19.1 Å². The monoisotopic (exact) mass is 509 g/mol. The van der Waals surface area contributed by atoms with Gasteiger partial charge < -0.3 is 19.7 Å². The molecule has 0 saturated carbocycles. The fourth-order valence-corrected chi connectivity index (χ4v) is 4.44. The molecular formula is C26H24ClN3O4S. The zero-order valence-corrected chi connectivity index (χ0v) is 20.8. The SMILES string of the molecule is COc1ccc(CN2C(=S)N(c3ccc(OC)cc3)C(=O)[C@@H]2CC(=O)Nc2cccc(Cl)c2)cc1. The van der Waals surface area contributed by atoms with Crippen LogP contribution in [0.1, 0.15) is 12.0 Å². The molecule has 7 nitrogen and oxygen atoms in total. The number of rotatable bonds is 8. The van der Waals surface area contributed by atoms with Crippen molar-refractivity contribution in [3.05, 3.63) is 83.4 Å². The van der Waals surface area contributed by atoms with Crippen LogP contribution in [0.25, 0.3) is 0 Å². The molecule has 0 unspecified atom stereocenters. The Hall–Kier alpha value is -3.62. The average Bonchev–Trinajstić information content (AvgIpc) is 3.08. The standard InChI is InChI=1S/C26H24ClN3O4S/c1-33-21-10-6-17(7-11-21)16-29-23(15-24(31)28-19-5-3-4-18(27)14-19)25(32)30(26(29)35)20-8-12-22(34-2)13-9-20/h3-14,23H,15-16H2,1-2H3,(H,28,31)/t23-/m0/s1. The Balaban J connectivity index is 1.60. The molecule has 0 aliphatic carbocycles. The minimum Gasteiger partial charge on any atom is -0.497 e. The number of hydrogen-bond acceptors (Lipinski definition) is 5. The van der Waals surface area contributed by atoms with Crippen LogP contribution >= 0.6 is 23.8 Å². The first-order valence-corrected chi connectivity index (χ1v) is 11.6. The predicted octanol–water partition coefficient (Wildman–Crippen LogP) is 4.89. The molecule has 1 heterocycles. The second kappa shape index (κ2) is 10.8. The van der Waals surface area contributed by atoms with E-state index in [1.54, 1.807) is 67.7 Å². The molecule has 1 aliphatic heterocycles. The first-order chi connectivity index (χ1) is 16.9. The maximum atomic E-state index is 13.6. The third-order valence-electron chi connectivity index (χ3n) is 5.65. The average molecular weight is 510 g/mol. The minimum atomic E-state index is -0.772. The molecule has 180 valence electrons. The Labute approximate surface area is 214 Å². The van der Waals surface area contributed by atoms with E-state index in [9.17, 15) is 9.59 Å². The maximum absolute atomic E-state index is 13.6. The summed E-state index contributed by atoms with van der Waals surface area (Å²) in [5.74, 6) is 0.810. The molecule has 0 bridgehead atoms. The molecule has 2 amide bonds. The number of benzene rings is 3. The van der Waals surface area contributed by atoms with E-state index >= 15 is 0 Å². The van der Waals surface area contributed by atoms with Gasteiger partial charge in [0.25, 0.3) is 5.91 Å². The number of nitrogens with zero attached hydrogens (tertiary/aromatic N) is 2. The molecule has 0 aromatic heterocycles. The third kappa shape index (κ3) is 5.55. The molecule has 0 radical (unpaired) electrons. The number of ether oxygens (including phenoxy) is 2. The third-order valence-corrected chi connectivity index (χ3v) is 6.30. The number of amides is 2. The fourth-order valence-electron chi connectivity index (χ4n) is 3.86. The Bertz CT molecular complexity index is 1230. The van der Waals surface area contributed by atoms with Crippen LogP contribution in [-0.4, -0.2) is 42.1 Å². The van der Waals surface area contributed by atoms with Crippen molar-refractivity contribution in [1.82, 2.24) is 4.90 Å². The van der Waals surface area contributed by atoms with E-state index in [0.29, 0.717) is 33.8 Å². The topological polar surface area (TPSA) is 71.1 Å². The summed E-state index contributed by atoms with van der Waals surface area (Å²) in [5, 5.41) is 3.65. The molecule has 3 aromatic carbocycles.